The van der Waals surface area contributed by atoms with Crippen LogP contribution in [-0.4, -0.2) is 24.1 Å². The smallest absolute Gasteiger partial charge is 0.352 e. The molecule has 2 N–H and O–H groups in total. The summed E-state index contributed by atoms with van der Waals surface area (Å²) in [6, 6.07) is 9.74. The van der Waals surface area contributed by atoms with Crippen LogP contribution < -0.4 is 10.1 Å². The van der Waals surface area contributed by atoms with Crippen molar-refractivity contribution >= 4 is 18.0 Å². The number of carboxylic acid groups (broad SMARTS) is 1. The molecule has 0 radical (unpaired) electrons. The maximum atomic E-state index is 11.8. The highest BCUT2D eigenvalue weighted by Gasteiger charge is 2.15. The van der Waals surface area contributed by atoms with Crippen molar-refractivity contribution in [1.29, 1.82) is 0 Å². The molecule has 2 rings (SSSR count). The van der Waals surface area contributed by atoms with E-state index in [1.807, 2.05) is 0 Å². The number of methoxy groups -OCH3 is 1. The fourth-order valence-corrected chi connectivity index (χ4v) is 1.61. The van der Waals surface area contributed by atoms with Crippen LogP contribution in [0.25, 0.3) is 6.08 Å². The third-order valence-corrected chi connectivity index (χ3v) is 2.65. The second-order valence-electron chi connectivity index (χ2n) is 4.07. The molecule has 0 aliphatic rings. The normalized spacial score (nSPS) is 11.0. The van der Waals surface area contributed by atoms with E-state index in [0.717, 1.165) is 0 Å². The highest BCUT2D eigenvalue weighted by atomic mass is 16.5. The Balaban J connectivity index is 2.19. The van der Waals surface area contributed by atoms with Crippen LogP contribution in [-0.2, 0) is 4.79 Å². The molecule has 0 aliphatic heterocycles. The Morgan fingerprint density at radius 3 is 2.48 bits per heavy atom. The molecule has 2 aromatic rings. The zero-order valence-electron chi connectivity index (χ0n) is 11.2. The van der Waals surface area contributed by atoms with Crippen LogP contribution in [0.2, 0.25) is 0 Å². The van der Waals surface area contributed by atoms with E-state index in [9.17, 15) is 9.59 Å². The van der Waals surface area contributed by atoms with Crippen molar-refractivity contribution < 1.29 is 23.8 Å². The summed E-state index contributed by atoms with van der Waals surface area (Å²) in [4.78, 5) is 23.0. The van der Waals surface area contributed by atoms with E-state index in [2.05, 4.69) is 5.32 Å². The Morgan fingerprint density at radius 2 is 1.95 bits per heavy atom. The second-order valence-corrected chi connectivity index (χ2v) is 4.07. The minimum atomic E-state index is -1.24. The van der Waals surface area contributed by atoms with Gasteiger partial charge in [0, 0.05) is 0 Å². The number of ether oxygens (including phenoxy) is 1. The summed E-state index contributed by atoms with van der Waals surface area (Å²) in [7, 11) is 1.54. The van der Waals surface area contributed by atoms with Gasteiger partial charge in [0.2, 0.25) is 0 Å². The van der Waals surface area contributed by atoms with Crippen LogP contribution in [0.3, 0.4) is 0 Å². The van der Waals surface area contributed by atoms with E-state index in [0.29, 0.717) is 11.3 Å². The molecule has 0 spiro atoms. The van der Waals surface area contributed by atoms with Gasteiger partial charge in [-0.05, 0) is 35.9 Å². The molecule has 6 heteroatoms. The highest BCUT2D eigenvalue weighted by Crippen LogP contribution is 2.13. The summed E-state index contributed by atoms with van der Waals surface area (Å²) < 4.78 is 9.92. The molecular formula is C15H13NO5. The van der Waals surface area contributed by atoms with Gasteiger partial charge in [0.1, 0.15) is 11.4 Å². The van der Waals surface area contributed by atoms with Gasteiger partial charge in [-0.25, -0.2) is 4.79 Å². The van der Waals surface area contributed by atoms with Crippen molar-refractivity contribution in [3.05, 3.63) is 59.7 Å². The summed E-state index contributed by atoms with van der Waals surface area (Å²) in [5, 5.41) is 11.4. The zero-order valence-corrected chi connectivity index (χ0v) is 11.2. The predicted octanol–water partition coefficient (Wildman–Crippen LogP) is 2.14. The fourth-order valence-electron chi connectivity index (χ4n) is 1.61. The first-order valence-corrected chi connectivity index (χ1v) is 6.04. The third kappa shape index (κ3) is 3.73. The maximum Gasteiger partial charge on any atom is 0.352 e. The number of hydrogen-bond donors (Lipinski definition) is 2. The molecule has 0 atom stereocenters. The lowest BCUT2D eigenvalue weighted by Crippen LogP contribution is -2.26. The van der Waals surface area contributed by atoms with Gasteiger partial charge in [0.25, 0.3) is 5.91 Å². The lowest BCUT2D eigenvalue weighted by atomic mass is 10.2. The van der Waals surface area contributed by atoms with Crippen molar-refractivity contribution in [2.75, 3.05) is 7.11 Å². The molecule has 0 saturated heterocycles. The monoisotopic (exact) mass is 287 g/mol. The Bertz CT molecular complexity index is 656. The predicted molar refractivity (Wildman–Crippen MR) is 74.8 cm³/mol. The molecule has 1 aromatic carbocycles. The first-order chi connectivity index (χ1) is 10.1. The molecule has 0 fully saturated rings. The van der Waals surface area contributed by atoms with Gasteiger partial charge in [-0.15, -0.1) is 0 Å². The SMILES string of the molecule is COc1ccc(C=C(NC(=O)c2ccco2)C(=O)O)cc1. The van der Waals surface area contributed by atoms with Crippen molar-refractivity contribution in [1.82, 2.24) is 5.32 Å². The van der Waals surface area contributed by atoms with E-state index in [1.54, 1.807) is 30.3 Å². The molecule has 1 heterocycles. The molecular weight excluding hydrogens is 274 g/mol. The van der Waals surface area contributed by atoms with Crippen LogP contribution in [0.5, 0.6) is 5.75 Å². The molecule has 0 bridgehead atoms. The van der Waals surface area contributed by atoms with Crippen LogP contribution in [0.4, 0.5) is 0 Å². The topological polar surface area (TPSA) is 88.8 Å². The molecule has 108 valence electrons. The van der Waals surface area contributed by atoms with Crippen molar-refractivity contribution in [3.63, 3.8) is 0 Å². The molecule has 6 nitrogen and oxygen atoms in total. The Hall–Kier alpha value is -3.02. The van der Waals surface area contributed by atoms with Crippen LogP contribution in [0.15, 0.2) is 52.8 Å². The van der Waals surface area contributed by atoms with Gasteiger partial charge in [0.15, 0.2) is 5.76 Å². The first kappa shape index (κ1) is 14.4. The van der Waals surface area contributed by atoms with E-state index in [4.69, 9.17) is 14.3 Å². The minimum absolute atomic E-state index is 0.0388. The molecule has 21 heavy (non-hydrogen) atoms. The van der Waals surface area contributed by atoms with E-state index < -0.39 is 11.9 Å². The summed E-state index contributed by atoms with van der Waals surface area (Å²) in [6.45, 7) is 0. The second kappa shape index (κ2) is 6.42. The van der Waals surface area contributed by atoms with Gasteiger partial charge in [-0.2, -0.15) is 0 Å². The maximum absolute atomic E-state index is 11.8. The Labute approximate surface area is 120 Å². The lowest BCUT2D eigenvalue weighted by Gasteiger charge is -2.05. The number of nitrogens with one attached hydrogen (secondary N) is 1. The van der Waals surface area contributed by atoms with E-state index in [1.165, 1.54) is 25.5 Å². The third-order valence-electron chi connectivity index (χ3n) is 2.65. The standard InChI is InChI=1S/C15H13NO5/c1-20-11-6-4-10(5-7-11)9-12(15(18)19)16-14(17)13-3-2-8-21-13/h2-9H,1H3,(H,16,17)(H,18,19). The summed E-state index contributed by atoms with van der Waals surface area (Å²) in [5.41, 5.74) is 0.370. The molecule has 0 unspecified atom stereocenters. The van der Waals surface area contributed by atoms with Gasteiger partial charge in [0.05, 0.1) is 13.4 Å². The van der Waals surface area contributed by atoms with Crippen molar-refractivity contribution in [2.24, 2.45) is 0 Å². The average molecular weight is 287 g/mol. The van der Waals surface area contributed by atoms with Gasteiger partial charge in [-0.1, -0.05) is 12.1 Å². The Kier molecular flexibility index (Phi) is 4.40. The Morgan fingerprint density at radius 1 is 1.24 bits per heavy atom. The number of rotatable bonds is 5. The summed E-state index contributed by atoms with van der Waals surface area (Å²) in [5.74, 6) is -1.17. The van der Waals surface area contributed by atoms with Crippen molar-refractivity contribution in [3.8, 4) is 5.75 Å². The number of hydrogen-bond acceptors (Lipinski definition) is 4. The number of carbonyl (C=O) groups excluding carboxylic acids is 1. The molecule has 1 aromatic heterocycles. The number of furan rings is 1. The minimum Gasteiger partial charge on any atom is -0.497 e. The average Bonchev–Trinajstić information content (AvgIpc) is 3.01. The van der Waals surface area contributed by atoms with Crippen molar-refractivity contribution in [2.45, 2.75) is 0 Å². The highest BCUT2D eigenvalue weighted by molar-refractivity contribution is 6.01. The molecule has 0 aliphatic carbocycles. The molecule has 1 amide bonds. The lowest BCUT2D eigenvalue weighted by molar-refractivity contribution is -0.132. The number of benzene rings is 1. The zero-order chi connectivity index (χ0) is 15.2. The van der Waals surface area contributed by atoms with Crippen LogP contribution in [0.1, 0.15) is 16.1 Å². The number of amides is 1. The number of carbonyl (C=O) groups is 2. The van der Waals surface area contributed by atoms with Gasteiger partial charge >= 0.3 is 5.97 Å². The van der Waals surface area contributed by atoms with Crippen LogP contribution in [0, 0.1) is 0 Å². The van der Waals surface area contributed by atoms with Gasteiger partial charge in [-0.3, -0.25) is 4.79 Å². The quantitative estimate of drug-likeness (QED) is 0.822. The largest absolute Gasteiger partial charge is 0.497 e. The van der Waals surface area contributed by atoms with Crippen LogP contribution >= 0.6 is 0 Å². The first-order valence-electron chi connectivity index (χ1n) is 6.04. The summed E-state index contributed by atoms with van der Waals surface area (Å²) in [6.07, 6.45) is 2.69. The molecule has 0 saturated carbocycles. The van der Waals surface area contributed by atoms with E-state index >= 15 is 0 Å². The van der Waals surface area contributed by atoms with E-state index in [-0.39, 0.29) is 11.5 Å². The fraction of sp³-hybridized carbons (Fsp3) is 0.0667. The number of aliphatic carboxylic acids is 1. The summed E-state index contributed by atoms with van der Waals surface area (Å²) >= 11 is 0. The number of carboxylic acids is 1. The van der Waals surface area contributed by atoms with Gasteiger partial charge < -0.3 is 19.6 Å².